The highest BCUT2D eigenvalue weighted by molar-refractivity contribution is 5.73. The molecule has 1 rings (SSSR count). The van der Waals surface area contributed by atoms with Crippen molar-refractivity contribution >= 4 is 12.0 Å². The van der Waals surface area contributed by atoms with Crippen molar-refractivity contribution in [1.29, 1.82) is 0 Å². The van der Waals surface area contributed by atoms with E-state index in [0.717, 1.165) is 19.3 Å². The van der Waals surface area contributed by atoms with Crippen LogP contribution in [0.15, 0.2) is 4.99 Å². The Morgan fingerprint density at radius 3 is 2.86 bits per heavy atom. The van der Waals surface area contributed by atoms with E-state index in [1.807, 2.05) is 6.92 Å². The molecular weight excluding hydrogens is 182 g/mol. The van der Waals surface area contributed by atoms with Gasteiger partial charge in [0.2, 0.25) is 6.08 Å². The molecule has 0 aromatic carbocycles. The van der Waals surface area contributed by atoms with Crippen molar-refractivity contribution < 1.29 is 14.3 Å². The van der Waals surface area contributed by atoms with Gasteiger partial charge in [-0.25, -0.2) is 9.79 Å². The van der Waals surface area contributed by atoms with Gasteiger partial charge in [0.1, 0.15) is 0 Å². The molecule has 1 saturated carbocycles. The van der Waals surface area contributed by atoms with E-state index in [-0.39, 0.29) is 11.9 Å². The van der Waals surface area contributed by atoms with E-state index in [0.29, 0.717) is 19.1 Å². The van der Waals surface area contributed by atoms with Gasteiger partial charge in [-0.2, -0.15) is 0 Å². The maximum Gasteiger partial charge on any atom is 0.308 e. The highest BCUT2D eigenvalue weighted by Gasteiger charge is 2.35. The maximum atomic E-state index is 11.3. The molecule has 0 heterocycles. The minimum atomic E-state index is -0.0989. The van der Waals surface area contributed by atoms with E-state index in [1.54, 1.807) is 0 Å². The van der Waals surface area contributed by atoms with Gasteiger partial charge in [-0.3, -0.25) is 4.79 Å². The number of esters is 1. The van der Waals surface area contributed by atoms with Crippen molar-refractivity contribution in [2.24, 2.45) is 16.8 Å². The maximum absolute atomic E-state index is 11.3. The van der Waals surface area contributed by atoms with Gasteiger partial charge in [0.15, 0.2) is 0 Å². The second-order valence-corrected chi connectivity index (χ2v) is 3.63. The number of carbonyl (C=O) groups is 1. The van der Waals surface area contributed by atoms with Gasteiger partial charge in [0.05, 0.1) is 19.1 Å². The molecule has 1 aliphatic rings. The van der Waals surface area contributed by atoms with Crippen molar-refractivity contribution in [3.05, 3.63) is 0 Å². The van der Waals surface area contributed by atoms with Crippen molar-refractivity contribution in [1.82, 2.24) is 0 Å². The summed E-state index contributed by atoms with van der Waals surface area (Å²) in [5.41, 5.74) is 0. The van der Waals surface area contributed by atoms with E-state index in [2.05, 4.69) is 4.99 Å². The summed E-state index contributed by atoms with van der Waals surface area (Å²) in [7, 11) is 0. The number of carbonyl (C=O) groups excluding carboxylic acids is 2. The number of rotatable bonds is 5. The predicted octanol–water partition coefficient (Wildman–Crippen LogP) is 1.30. The number of hydrogen-bond acceptors (Lipinski definition) is 4. The molecule has 4 nitrogen and oxygen atoms in total. The third-order valence-corrected chi connectivity index (χ3v) is 2.43. The number of isocyanates is 1. The third kappa shape index (κ3) is 2.96. The van der Waals surface area contributed by atoms with Gasteiger partial charge < -0.3 is 4.74 Å². The van der Waals surface area contributed by atoms with Crippen LogP contribution in [0.25, 0.3) is 0 Å². The molecule has 1 aliphatic carbocycles. The molecule has 0 atom stereocenters. The second-order valence-electron chi connectivity index (χ2n) is 3.63. The average molecular weight is 197 g/mol. The minimum absolute atomic E-state index is 0.0356. The fourth-order valence-electron chi connectivity index (χ4n) is 1.56. The molecule has 14 heavy (non-hydrogen) atoms. The Bertz CT molecular complexity index is 240. The molecule has 0 radical (unpaired) electrons. The Labute approximate surface area is 83.3 Å². The van der Waals surface area contributed by atoms with Gasteiger partial charge in [0.25, 0.3) is 0 Å². The van der Waals surface area contributed by atoms with Crippen LogP contribution in [0.2, 0.25) is 0 Å². The largest absolute Gasteiger partial charge is 0.465 e. The first-order chi connectivity index (χ1) is 6.77. The average Bonchev–Trinajstić information content (AvgIpc) is 2.12. The summed E-state index contributed by atoms with van der Waals surface area (Å²) in [5, 5.41) is 0. The summed E-state index contributed by atoms with van der Waals surface area (Å²) in [5.74, 6) is 0.308. The van der Waals surface area contributed by atoms with Crippen LogP contribution in [-0.2, 0) is 14.3 Å². The molecule has 1 fully saturated rings. The van der Waals surface area contributed by atoms with Gasteiger partial charge in [-0.1, -0.05) is 6.92 Å². The molecule has 0 aromatic heterocycles. The normalized spacial score (nSPS) is 24.6. The summed E-state index contributed by atoms with van der Waals surface area (Å²) in [6.45, 7) is 2.98. The predicted molar refractivity (Wildman–Crippen MR) is 50.5 cm³/mol. The highest BCUT2D eigenvalue weighted by atomic mass is 16.5. The Morgan fingerprint density at radius 2 is 2.29 bits per heavy atom. The number of aliphatic imine (C=N–C) groups is 1. The number of hydrogen-bond donors (Lipinski definition) is 0. The zero-order valence-electron chi connectivity index (χ0n) is 8.36. The molecule has 0 N–H and O–H groups in total. The molecule has 0 aliphatic heterocycles. The lowest BCUT2D eigenvalue weighted by atomic mass is 9.75. The highest BCUT2D eigenvalue weighted by Crippen LogP contribution is 2.34. The van der Waals surface area contributed by atoms with Crippen LogP contribution >= 0.6 is 0 Å². The Kier molecular flexibility index (Phi) is 4.33. The van der Waals surface area contributed by atoms with Crippen LogP contribution in [0.1, 0.15) is 26.2 Å². The lowest BCUT2D eigenvalue weighted by Gasteiger charge is -2.31. The number of nitrogens with zero attached hydrogens (tertiary/aromatic N) is 1. The van der Waals surface area contributed by atoms with E-state index in [1.165, 1.54) is 6.08 Å². The van der Waals surface area contributed by atoms with Crippen LogP contribution in [0, 0.1) is 11.8 Å². The molecular formula is C10H15NO3. The molecule has 0 saturated heterocycles. The molecule has 0 spiro atoms. The molecule has 4 heteroatoms. The van der Waals surface area contributed by atoms with Crippen LogP contribution in [0.4, 0.5) is 0 Å². The van der Waals surface area contributed by atoms with Gasteiger partial charge in [-0.15, -0.1) is 0 Å². The fourth-order valence-corrected chi connectivity index (χ4v) is 1.56. The molecule has 0 aromatic rings. The fraction of sp³-hybridized carbons (Fsp3) is 0.800. The van der Waals surface area contributed by atoms with Crippen LogP contribution in [-0.4, -0.2) is 25.2 Å². The summed E-state index contributed by atoms with van der Waals surface area (Å²) in [6, 6.07) is 0. The van der Waals surface area contributed by atoms with Crippen molar-refractivity contribution in [3.63, 3.8) is 0 Å². The summed E-state index contributed by atoms with van der Waals surface area (Å²) < 4.78 is 5.00. The van der Waals surface area contributed by atoms with E-state index >= 15 is 0 Å². The van der Waals surface area contributed by atoms with Crippen molar-refractivity contribution in [2.45, 2.75) is 26.2 Å². The quantitative estimate of drug-likeness (QED) is 0.379. The van der Waals surface area contributed by atoms with E-state index in [9.17, 15) is 9.59 Å². The first kappa shape index (κ1) is 10.9. The second kappa shape index (κ2) is 5.55. The molecule has 0 bridgehead atoms. The lowest BCUT2D eigenvalue weighted by Crippen LogP contribution is -2.33. The van der Waals surface area contributed by atoms with Gasteiger partial charge in [-0.05, 0) is 25.2 Å². The van der Waals surface area contributed by atoms with Crippen LogP contribution < -0.4 is 0 Å². The Hall–Kier alpha value is -1.15. The summed E-state index contributed by atoms with van der Waals surface area (Å²) in [6.07, 6.45) is 3.96. The topological polar surface area (TPSA) is 55.7 Å². The number of ether oxygens (including phenoxy) is 1. The van der Waals surface area contributed by atoms with Crippen LogP contribution in [0.5, 0.6) is 0 Å². The van der Waals surface area contributed by atoms with E-state index in [4.69, 9.17) is 4.74 Å². The van der Waals surface area contributed by atoms with Gasteiger partial charge >= 0.3 is 5.97 Å². The zero-order valence-corrected chi connectivity index (χ0v) is 8.36. The summed E-state index contributed by atoms with van der Waals surface area (Å²) in [4.78, 5) is 24.6. The Morgan fingerprint density at radius 1 is 1.57 bits per heavy atom. The SMILES string of the molecule is CCCOC(=O)C1CC(CN=C=O)C1. The summed E-state index contributed by atoms with van der Waals surface area (Å²) >= 11 is 0. The lowest BCUT2D eigenvalue weighted by molar-refractivity contribution is -0.153. The third-order valence-electron chi connectivity index (χ3n) is 2.43. The minimum Gasteiger partial charge on any atom is -0.465 e. The van der Waals surface area contributed by atoms with Crippen LogP contribution in [0.3, 0.4) is 0 Å². The van der Waals surface area contributed by atoms with Gasteiger partial charge in [0, 0.05) is 0 Å². The monoisotopic (exact) mass is 197 g/mol. The molecule has 0 unspecified atom stereocenters. The Balaban J connectivity index is 2.13. The molecule has 78 valence electrons. The van der Waals surface area contributed by atoms with E-state index < -0.39 is 0 Å². The van der Waals surface area contributed by atoms with Crippen molar-refractivity contribution in [3.8, 4) is 0 Å². The standard InChI is InChI=1S/C10H15NO3/c1-2-3-14-10(13)9-4-8(5-9)6-11-7-12/h8-9H,2-6H2,1H3. The zero-order chi connectivity index (χ0) is 10.4. The van der Waals surface area contributed by atoms with Crippen molar-refractivity contribution in [2.75, 3.05) is 13.2 Å². The molecule has 0 amide bonds. The first-order valence-corrected chi connectivity index (χ1v) is 4.98. The smallest absolute Gasteiger partial charge is 0.308 e. The first-order valence-electron chi connectivity index (χ1n) is 4.98.